The van der Waals surface area contributed by atoms with Crippen LogP contribution in [0.1, 0.15) is 20.8 Å². The third kappa shape index (κ3) is 0.823. The third-order valence-corrected chi connectivity index (χ3v) is 2.32. The molecule has 0 N–H and O–H groups in total. The lowest BCUT2D eigenvalue weighted by Gasteiger charge is -1.95. The van der Waals surface area contributed by atoms with E-state index in [1.54, 1.807) is 0 Å². The Morgan fingerprint density at radius 2 is 1.64 bits per heavy atom. The minimum atomic E-state index is 1.38. The summed E-state index contributed by atoms with van der Waals surface area (Å²) in [5, 5.41) is 0. The molecule has 0 aromatic carbocycles. The van der Waals surface area contributed by atoms with Gasteiger partial charge in [0.05, 0.1) is 0 Å². The maximum Gasteiger partial charge on any atom is -0.0149 e. The lowest BCUT2D eigenvalue weighted by Crippen LogP contribution is -1.77. The molecule has 0 heteroatoms. The normalized spacial score (nSPS) is 21.5. The Morgan fingerprint density at radius 1 is 0.909 bits per heavy atom. The Morgan fingerprint density at radius 3 is 2.27 bits per heavy atom. The van der Waals surface area contributed by atoms with Crippen molar-refractivity contribution in [3.63, 3.8) is 0 Å². The van der Waals surface area contributed by atoms with Gasteiger partial charge in [-0.15, -0.1) is 0 Å². The predicted octanol–water partition coefficient (Wildman–Crippen LogP) is 3.15. The summed E-state index contributed by atoms with van der Waals surface area (Å²) in [7, 11) is 0. The van der Waals surface area contributed by atoms with Crippen LogP contribution in [0, 0.1) is 0 Å². The molecule has 0 aliphatic heterocycles. The van der Waals surface area contributed by atoms with Crippen molar-refractivity contribution >= 4 is 0 Å². The molecule has 0 radical (unpaired) electrons. The van der Waals surface area contributed by atoms with E-state index in [1.165, 1.54) is 27.9 Å². The van der Waals surface area contributed by atoms with Gasteiger partial charge in [-0.25, -0.2) is 0 Å². The van der Waals surface area contributed by atoms with Crippen molar-refractivity contribution in [2.24, 2.45) is 0 Å². The fourth-order valence-electron chi connectivity index (χ4n) is 1.79. The minimum absolute atomic E-state index is 1.38. The zero-order valence-corrected chi connectivity index (χ0v) is 7.23. The topological polar surface area (TPSA) is 0 Å². The molecular formula is C11H12. The molecule has 0 aromatic rings. The van der Waals surface area contributed by atoms with Crippen molar-refractivity contribution in [3.8, 4) is 0 Å². The van der Waals surface area contributed by atoms with E-state index in [0.29, 0.717) is 0 Å². The fourth-order valence-corrected chi connectivity index (χ4v) is 1.79. The molecule has 2 aliphatic carbocycles. The summed E-state index contributed by atoms with van der Waals surface area (Å²) in [6.45, 7) is 6.50. The van der Waals surface area contributed by atoms with E-state index >= 15 is 0 Å². The first-order valence-electron chi connectivity index (χ1n) is 3.98. The van der Waals surface area contributed by atoms with Crippen LogP contribution in [-0.4, -0.2) is 0 Å². The number of hydrogen-bond acceptors (Lipinski definition) is 0. The van der Waals surface area contributed by atoms with Crippen LogP contribution in [0.3, 0.4) is 0 Å². The summed E-state index contributed by atoms with van der Waals surface area (Å²) in [4.78, 5) is 0. The molecule has 0 aromatic heterocycles. The number of rotatable bonds is 0. The zero-order chi connectivity index (χ0) is 8.01. The molecule has 0 spiro atoms. The number of hydrogen-bond donors (Lipinski definition) is 0. The second kappa shape index (κ2) is 1.97. The highest BCUT2D eigenvalue weighted by atomic mass is 14.2. The molecule has 0 saturated carbocycles. The summed E-state index contributed by atoms with van der Waals surface area (Å²) in [6.07, 6.45) is 6.78. The van der Waals surface area contributed by atoms with Crippen LogP contribution in [0.5, 0.6) is 0 Å². The van der Waals surface area contributed by atoms with Crippen LogP contribution in [0.4, 0.5) is 0 Å². The smallest absolute Gasteiger partial charge is 0.0149 e. The minimum Gasteiger partial charge on any atom is -0.0551 e. The van der Waals surface area contributed by atoms with Crippen LogP contribution < -0.4 is 0 Å². The van der Waals surface area contributed by atoms with Gasteiger partial charge >= 0.3 is 0 Å². The quantitative estimate of drug-likeness (QED) is 0.490. The highest BCUT2D eigenvalue weighted by molar-refractivity contribution is 5.68. The summed E-state index contributed by atoms with van der Waals surface area (Å²) < 4.78 is 0. The van der Waals surface area contributed by atoms with Crippen LogP contribution in [-0.2, 0) is 0 Å². The van der Waals surface area contributed by atoms with Gasteiger partial charge in [0.15, 0.2) is 0 Å². The molecule has 0 atom stereocenters. The Hall–Kier alpha value is -1.04. The van der Waals surface area contributed by atoms with E-state index in [2.05, 4.69) is 39.0 Å². The van der Waals surface area contributed by atoms with Crippen molar-refractivity contribution in [1.82, 2.24) is 0 Å². The molecule has 0 amide bonds. The second-order valence-electron chi connectivity index (χ2n) is 3.37. The molecule has 56 valence electrons. The van der Waals surface area contributed by atoms with E-state index in [0.717, 1.165) is 0 Å². The van der Waals surface area contributed by atoms with Gasteiger partial charge in [0.1, 0.15) is 0 Å². The van der Waals surface area contributed by atoms with Gasteiger partial charge in [-0.05, 0) is 48.6 Å². The molecule has 0 saturated heterocycles. The Balaban J connectivity index is 2.58. The molecule has 0 nitrogen and oxygen atoms in total. The molecule has 11 heavy (non-hydrogen) atoms. The van der Waals surface area contributed by atoms with Crippen molar-refractivity contribution < 1.29 is 0 Å². The van der Waals surface area contributed by atoms with Crippen LogP contribution in [0.25, 0.3) is 0 Å². The SMILES string of the molecule is CC1=CC2=C(C)C=C(C)C2=C1. The molecule has 0 bridgehead atoms. The van der Waals surface area contributed by atoms with Crippen molar-refractivity contribution in [2.45, 2.75) is 20.8 Å². The van der Waals surface area contributed by atoms with Gasteiger partial charge in [0.25, 0.3) is 0 Å². The largest absolute Gasteiger partial charge is 0.0551 e. The summed E-state index contributed by atoms with van der Waals surface area (Å²) in [6, 6.07) is 0. The standard InChI is InChI=1S/C11H12/c1-7-4-10-8(2)6-9(3)11(10)5-7/h4-6H,1-3H3. The first-order valence-corrected chi connectivity index (χ1v) is 3.98. The van der Waals surface area contributed by atoms with Gasteiger partial charge in [-0.1, -0.05) is 18.2 Å². The van der Waals surface area contributed by atoms with Gasteiger partial charge in [0, 0.05) is 0 Å². The number of fused-ring (bicyclic) bond motifs is 1. The zero-order valence-electron chi connectivity index (χ0n) is 7.23. The van der Waals surface area contributed by atoms with Gasteiger partial charge in [0.2, 0.25) is 0 Å². The first-order chi connectivity index (χ1) is 5.18. The monoisotopic (exact) mass is 144 g/mol. The Bertz CT molecular complexity index is 333. The average Bonchev–Trinajstić information content (AvgIpc) is 2.38. The lowest BCUT2D eigenvalue weighted by molar-refractivity contribution is 1.45. The maximum absolute atomic E-state index is 2.26. The molecule has 0 unspecified atom stereocenters. The first kappa shape index (κ1) is 6.66. The maximum atomic E-state index is 2.26. The van der Waals surface area contributed by atoms with E-state index in [1.807, 2.05) is 0 Å². The summed E-state index contributed by atoms with van der Waals surface area (Å²) in [5.41, 5.74) is 7.05. The predicted molar refractivity (Wildman–Crippen MR) is 48.3 cm³/mol. The van der Waals surface area contributed by atoms with Crippen molar-refractivity contribution in [3.05, 3.63) is 46.1 Å². The molecule has 0 fully saturated rings. The van der Waals surface area contributed by atoms with E-state index in [9.17, 15) is 0 Å². The second-order valence-corrected chi connectivity index (χ2v) is 3.37. The van der Waals surface area contributed by atoms with Crippen LogP contribution in [0.2, 0.25) is 0 Å². The average molecular weight is 144 g/mol. The van der Waals surface area contributed by atoms with Gasteiger partial charge in [-0.3, -0.25) is 0 Å². The fraction of sp³-hybridized carbons (Fsp3) is 0.273. The molecule has 0 heterocycles. The van der Waals surface area contributed by atoms with Crippen molar-refractivity contribution in [2.75, 3.05) is 0 Å². The lowest BCUT2D eigenvalue weighted by atomic mass is 10.1. The van der Waals surface area contributed by atoms with E-state index in [4.69, 9.17) is 0 Å². The van der Waals surface area contributed by atoms with Crippen LogP contribution >= 0.6 is 0 Å². The number of allylic oxidation sites excluding steroid dienone is 8. The van der Waals surface area contributed by atoms with Gasteiger partial charge in [-0.2, -0.15) is 0 Å². The Labute approximate surface area is 67.6 Å². The molecular weight excluding hydrogens is 132 g/mol. The van der Waals surface area contributed by atoms with Crippen molar-refractivity contribution in [1.29, 1.82) is 0 Å². The van der Waals surface area contributed by atoms with Gasteiger partial charge < -0.3 is 0 Å². The van der Waals surface area contributed by atoms with E-state index < -0.39 is 0 Å². The third-order valence-electron chi connectivity index (χ3n) is 2.32. The molecule has 2 rings (SSSR count). The van der Waals surface area contributed by atoms with E-state index in [-0.39, 0.29) is 0 Å². The molecule has 2 aliphatic rings. The highest BCUT2D eigenvalue weighted by Crippen LogP contribution is 2.36. The Kier molecular flexibility index (Phi) is 1.19. The van der Waals surface area contributed by atoms with Crippen LogP contribution in [0.15, 0.2) is 46.1 Å². The summed E-state index contributed by atoms with van der Waals surface area (Å²) in [5.74, 6) is 0. The summed E-state index contributed by atoms with van der Waals surface area (Å²) >= 11 is 0. The highest BCUT2D eigenvalue weighted by Gasteiger charge is 2.18.